The topological polar surface area (TPSA) is 51.2 Å². The highest BCUT2D eigenvalue weighted by molar-refractivity contribution is 7.22. The Balaban J connectivity index is 2.32. The Kier molecular flexibility index (Phi) is 3.40. The van der Waals surface area contributed by atoms with Crippen LogP contribution in [-0.4, -0.2) is 24.6 Å². The van der Waals surface area contributed by atoms with E-state index in [2.05, 4.69) is 29.4 Å². The van der Waals surface area contributed by atoms with Crippen molar-refractivity contribution in [2.45, 2.75) is 13.8 Å². The highest BCUT2D eigenvalue weighted by atomic mass is 32.1. The van der Waals surface area contributed by atoms with Crippen molar-refractivity contribution in [3.05, 3.63) is 23.3 Å². The number of hydrogen-bond acceptors (Lipinski definition) is 4. The van der Waals surface area contributed by atoms with E-state index in [4.69, 9.17) is 4.74 Å². The number of nitrogens with zero attached hydrogens (tertiary/aromatic N) is 1. The molecule has 1 aromatic carbocycles. The van der Waals surface area contributed by atoms with Gasteiger partial charge in [0.25, 0.3) is 5.91 Å². The highest BCUT2D eigenvalue weighted by Gasteiger charge is 2.09. The van der Waals surface area contributed by atoms with Crippen LogP contribution in [0, 0.1) is 13.8 Å². The molecule has 0 aliphatic carbocycles. The average molecular weight is 250 g/mol. The van der Waals surface area contributed by atoms with E-state index in [1.165, 1.54) is 24.0 Å². The lowest BCUT2D eigenvalue weighted by atomic mass is 10.1. The third kappa shape index (κ3) is 2.62. The van der Waals surface area contributed by atoms with Gasteiger partial charge in [-0.25, -0.2) is 4.98 Å². The molecule has 0 atom stereocenters. The Hall–Kier alpha value is -1.46. The van der Waals surface area contributed by atoms with E-state index in [0.29, 0.717) is 5.13 Å². The summed E-state index contributed by atoms with van der Waals surface area (Å²) < 4.78 is 5.85. The van der Waals surface area contributed by atoms with Crippen molar-refractivity contribution in [1.82, 2.24) is 4.98 Å². The molecular weight excluding hydrogens is 236 g/mol. The lowest BCUT2D eigenvalue weighted by molar-refractivity contribution is -0.119. The Morgan fingerprint density at radius 2 is 2.24 bits per heavy atom. The van der Waals surface area contributed by atoms with Crippen molar-refractivity contribution < 1.29 is 9.53 Å². The fourth-order valence-corrected chi connectivity index (χ4v) is 2.77. The lowest BCUT2D eigenvalue weighted by Gasteiger charge is -1.98. The van der Waals surface area contributed by atoms with Crippen LogP contribution in [0.5, 0.6) is 0 Å². The number of hydrogen-bond donors (Lipinski definition) is 1. The van der Waals surface area contributed by atoms with Gasteiger partial charge in [-0.05, 0) is 31.0 Å². The second-order valence-electron chi connectivity index (χ2n) is 3.93. The van der Waals surface area contributed by atoms with Crippen LogP contribution in [0.15, 0.2) is 12.1 Å². The summed E-state index contributed by atoms with van der Waals surface area (Å²) in [5.41, 5.74) is 3.28. The Labute approximate surface area is 104 Å². The molecule has 1 amide bonds. The monoisotopic (exact) mass is 250 g/mol. The van der Waals surface area contributed by atoms with Crippen LogP contribution in [-0.2, 0) is 9.53 Å². The van der Waals surface area contributed by atoms with Crippen LogP contribution in [0.1, 0.15) is 11.1 Å². The number of aryl methyl sites for hydroxylation is 2. The van der Waals surface area contributed by atoms with Gasteiger partial charge in [-0.3, -0.25) is 10.1 Å². The number of ether oxygens (including phenoxy) is 1. The standard InChI is InChI=1S/C12H14N2O2S/c1-7-4-8(2)11-9(5-7)17-12(14-11)13-10(15)6-16-3/h4-5H,6H2,1-3H3,(H,13,14,15). The van der Waals surface area contributed by atoms with E-state index in [0.717, 1.165) is 15.8 Å². The van der Waals surface area contributed by atoms with E-state index < -0.39 is 0 Å². The lowest BCUT2D eigenvalue weighted by Crippen LogP contribution is -2.16. The molecule has 0 radical (unpaired) electrons. The number of benzene rings is 1. The number of aromatic nitrogens is 1. The van der Waals surface area contributed by atoms with E-state index in [1.54, 1.807) is 0 Å². The molecule has 0 saturated carbocycles. The molecule has 1 heterocycles. The van der Waals surface area contributed by atoms with Gasteiger partial charge < -0.3 is 4.74 Å². The fraction of sp³-hybridized carbons (Fsp3) is 0.333. The first-order valence-electron chi connectivity index (χ1n) is 5.26. The van der Waals surface area contributed by atoms with Gasteiger partial charge in [0.1, 0.15) is 6.61 Å². The first-order chi connectivity index (χ1) is 8.10. The maximum Gasteiger partial charge on any atom is 0.252 e. The van der Waals surface area contributed by atoms with Crippen LogP contribution in [0.4, 0.5) is 5.13 Å². The zero-order chi connectivity index (χ0) is 12.4. The molecule has 0 fully saturated rings. The van der Waals surface area contributed by atoms with Gasteiger partial charge in [-0.1, -0.05) is 17.4 Å². The van der Waals surface area contributed by atoms with Gasteiger partial charge in [0.15, 0.2) is 5.13 Å². The molecule has 1 N–H and O–H groups in total. The maximum absolute atomic E-state index is 11.4. The summed E-state index contributed by atoms with van der Waals surface area (Å²) >= 11 is 1.48. The average Bonchev–Trinajstić information content (AvgIpc) is 2.60. The second kappa shape index (κ2) is 4.81. The maximum atomic E-state index is 11.4. The molecule has 2 aromatic rings. The van der Waals surface area contributed by atoms with E-state index in [-0.39, 0.29) is 12.5 Å². The predicted octanol–water partition coefficient (Wildman–Crippen LogP) is 2.50. The summed E-state index contributed by atoms with van der Waals surface area (Å²) in [6.07, 6.45) is 0. The van der Waals surface area contributed by atoms with Crippen LogP contribution in [0.3, 0.4) is 0 Å². The first kappa shape index (κ1) is 12.0. The number of amides is 1. The third-order valence-corrected chi connectivity index (χ3v) is 3.27. The number of fused-ring (bicyclic) bond motifs is 1. The van der Waals surface area contributed by atoms with Gasteiger partial charge >= 0.3 is 0 Å². The van der Waals surface area contributed by atoms with Crippen molar-refractivity contribution >= 4 is 32.6 Å². The molecule has 17 heavy (non-hydrogen) atoms. The molecule has 0 bridgehead atoms. The van der Waals surface area contributed by atoms with Gasteiger partial charge in [-0.2, -0.15) is 0 Å². The van der Waals surface area contributed by atoms with Crippen molar-refractivity contribution in [1.29, 1.82) is 0 Å². The number of rotatable bonds is 3. The molecular formula is C12H14N2O2S. The molecule has 5 heteroatoms. The van der Waals surface area contributed by atoms with Crippen molar-refractivity contribution in [3.8, 4) is 0 Å². The number of methoxy groups -OCH3 is 1. The predicted molar refractivity (Wildman–Crippen MR) is 69.6 cm³/mol. The van der Waals surface area contributed by atoms with E-state index in [9.17, 15) is 4.79 Å². The van der Waals surface area contributed by atoms with Gasteiger partial charge in [0.2, 0.25) is 0 Å². The molecule has 0 aliphatic heterocycles. The largest absolute Gasteiger partial charge is 0.375 e. The molecule has 0 saturated heterocycles. The minimum atomic E-state index is -0.180. The molecule has 1 aromatic heterocycles. The smallest absolute Gasteiger partial charge is 0.252 e. The van der Waals surface area contributed by atoms with Gasteiger partial charge in [0.05, 0.1) is 10.2 Å². The van der Waals surface area contributed by atoms with E-state index in [1.807, 2.05) is 6.92 Å². The molecule has 0 aliphatic rings. The van der Waals surface area contributed by atoms with Crippen LogP contribution in [0.2, 0.25) is 0 Å². The quantitative estimate of drug-likeness (QED) is 0.910. The first-order valence-corrected chi connectivity index (χ1v) is 6.08. The normalized spacial score (nSPS) is 10.8. The zero-order valence-electron chi connectivity index (χ0n) is 10.0. The molecule has 0 unspecified atom stereocenters. The van der Waals surface area contributed by atoms with Crippen molar-refractivity contribution in [3.63, 3.8) is 0 Å². The molecule has 2 rings (SSSR count). The third-order valence-electron chi connectivity index (χ3n) is 2.35. The fourth-order valence-electron chi connectivity index (χ4n) is 1.71. The minimum Gasteiger partial charge on any atom is -0.375 e. The van der Waals surface area contributed by atoms with Crippen LogP contribution in [0.25, 0.3) is 10.2 Å². The Bertz CT molecular complexity index is 563. The van der Waals surface area contributed by atoms with Crippen LogP contribution < -0.4 is 5.32 Å². The minimum absolute atomic E-state index is 0.0495. The van der Waals surface area contributed by atoms with Crippen molar-refractivity contribution in [2.24, 2.45) is 0 Å². The molecule has 90 valence electrons. The van der Waals surface area contributed by atoms with Gasteiger partial charge in [-0.15, -0.1) is 0 Å². The number of anilines is 1. The SMILES string of the molecule is COCC(=O)Nc1nc2c(C)cc(C)cc2s1. The summed E-state index contributed by atoms with van der Waals surface area (Å²) in [5.74, 6) is -0.180. The van der Waals surface area contributed by atoms with Crippen molar-refractivity contribution in [2.75, 3.05) is 19.0 Å². The molecule has 0 spiro atoms. The summed E-state index contributed by atoms with van der Waals surface area (Å²) in [7, 11) is 1.49. The second-order valence-corrected chi connectivity index (χ2v) is 4.96. The number of carbonyl (C=O) groups excluding carboxylic acids is 1. The summed E-state index contributed by atoms with van der Waals surface area (Å²) in [4.78, 5) is 15.8. The highest BCUT2D eigenvalue weighted by Crippen LogP contribution is 2.29. The Morgan fingerprint density at radius 3 is 2.94 bits per heavy atom. The number of carbonyl (C=O) groups is 1. The number of thiazole rings is 1. The van der Waals surface area contributed by atoms with Crippen LogP contribution >= 0.6 is 11.3 Å². The number of nitrogens with one attached hydrogen (secondary N) is 1. The summed E-state index contributed by atoms with van der Waals surface area (Å²) in [5, 5.41) is 3.34. The molecule has 4 nitrogen and oxygen atoms in total. The summed E-state index contributed by atoms with van der Waals surface area (Å²) in [6.45, 7) is 4.12. The van der Waals surface area contributed by atoms with E-state index >= 15 is 0 Å². The zero-order valence-corrected chi connectivity index (χ0v) is 10.9. The Morgan fingerprint density at radius 1 is 1.47 bits per heavy atom. The van der Waals surface area contributed by atoms with Gasteiger partial charge in [0, 0.05) is 7.11 Å². The summed E-state index contributed by atoms with van der Waals surface area (Å²) in [6, 6.07) is 4.16.